The molecule has 0 aromatic heterocycles. The number of nitrogens with one attached hydrogen (secondary N) is 1. The third kappa shape index (κ3) is 4.71. The van der Waals surface area contributed by atoms with Crippen LogP contribution in [0.25, 0.3) is 0 Å². The predicted molar refractivity (Wildman–Crippen MR) is 101 cm³/mol. The second-order valence-electron chi connectivity index (χ2n) is 6.46. The van der Waals surface area contributed by atoms with Gasteiger partial charge in [0.25, 0.3) is 0 Å². The van der Waals surface area contributed by atoms with Gasteiger partial charge in [-0.25, -0.2) is 0 Å². The van der Waals surface area contributed by atoms with Crippen LogP contribution in [0.1, 0.15) is 35.2 Å². The van der Waals surface area contributed by atoms with Crippen molar-refractivity contribution in [1.82, 2.24) is 5.32 Å². The molecule has 7 heteroatoms. The van der Waals surface area contributed by atoms with Crippen molar-refractivity contribution in [2.24, 2.45) is 0 Å². The fraction of sp³-hybridized carbons (Fsp3) is 0.316. The molecule has 136 valence electrons. The van der Waals surface area contributed by atoms with E-state index in [1.54, 1.807) is 6.07 Å². The summed E-state index contributed by atoms with van der Waals surface area (Å²) >= 11 is -0.658. The zero-order valence-electron chi connectivity index (χ0n) is 14.2. The van der Waals surface area contributed by atoms with Crippen LogP contribution in [0.4, 0.5) is 5.69 Å². The second-order valence-corrected chi connectivity index (χ2v) is 9.91. The number of carbonyl (C=O) groups excluding carboxylic acids is 1. The number of rotatable bonds is 6. The van der Waals surface area contributed by atoms with Crippen molar-refractivity contribution in [3.63, 3.8) is 0 Å². The zero-order chi connectivity index (χ0) is 18.5. The molecule has 1 amide bonds. The molecule has 6 nitrogen and oxygen atoms in total. The van der Waals surface area contributed by atoms with Crippen molar-refractivity contribution in [2.75, 3.05) is 0 Å². The number of aliphatic hydroxyl groups is 1. The molecule has 0 bridgehead atoms. The van der Waals surface area contributed by atoms with Crippen LogP contribution in [0.5, 0.6) is 0 Å². The first kappa shape index (κ1) is 18.6. The summed E-state index contributed by atoms with van der Waals surface area (Å²) in [5.41, 5.74) is 1.30. The number of aliphatic hydroxyl groups excluding tert-OH is 1. The molecule has 0 saturated heterocycles. The van der Waals surface area contributed by atoms with E-state index in [9.17, 15) is 20.0 Å². The van der Waals surface area contributed by atoms with Gasteiger partial charge in [-0.15, -0.1) is 0 Å². The molecule has 3 atom stereocenters. The zero-order valence-corrected chi connectivity index (χ0v) is 16.3. The van der Waals surface area contributed by atoms with Crippen molar-refractivity contribution < 1.29 is 14.8 Å². The van der Waals surface area contributed by atoms with Gasteiger partial charge < -0.3 is 0 Å². The Hall–Kier alpha value is -2.17. The molecule has 0 radical (unpaired) electrons. The first-order chi connectivity index (χ1) is 12.5. The predicted octanol–water partition coefficient (Wildman–Crippen LogP) is 1.92. The Morgan fingerprint density at radius 3 is 2.65 bits per heavy atom. The topological polar surface area (TPSA) is 92.5 Å². The summed E-state index contributed by atoms with van der Waals surface area (Å²) in [4.78, 5) is 23.3. The molecule has 1 fully saturated rings. The van der Waals surface area contributed by atoms with E-state index in [1.165, 1.54) is 12.1 Å². The summed E-state index contributed by atoms with van der Waals surface area (Å²) < 4.78 is 1.34. The number of hydrogen-bond acceptors (Lipinski definition) is 4. The summed E-state index contributed by atoms with van der Waals surface area (Å²) in [5.74, 6) is -0.283. The van der Waals surface area contributed by atoms with Gasteiger partial charge in [0.05, 0.1) is 0 Å². The summed E-state index contributed by atoms with van der Waals surface area (Å²) in [7, 11) is 0. The van der Waals surface area contributed by atoms with Gasteiger partial charge in [-0.3, -0.25) is 0 Å². The number of carbonyl (C=O) groups is 1. The SMILES string of the molecule is O=C(NCc1ccccc1)c1cc([N+](=O)[O-])ccc1[AsH]C1CCC(O)C1. The molecule has 0 spiro atoms. The monoisotopic (exact) mass is 416 g/mol. The first-order valence-electron chi connectivity index (χ1n) is 8.58. The molecule has 26 heavy (non-hydrogen) atoms. The molecule has 3 rings (SSSR count). The summed E-state index contributed by atoms with van der Waals surface area (Å²) in [5, 5.41) is 23.7. The van der Waals surface area contributed by atoms with Gasteiger partial charge in [-0.2, -0.15) is 0 Å². The van der Waals surface area contributed by atoms with Crippen LogP contribution in [0.15, 0.2) is 48.5 Å². The van der Waals surface area contributed by atoms with Gasteiger partial charge >= 0.3 is 158 Å². The van der Waals surface area contributed by atoms with Gasteiger partial charge in [0.2, 0.25) is 0 Å². The first-order valence-corrected chi connectivity index (χ1v) is 10.8. The van der Waals surface area contributed by atoms with E-state index < -0.39 is 20.7 Å². The number of amides is 1. The van der Waals surface area contributed by atoms with E-state index in [2.05, 4.69) is 5.32 Å². The maximum absolute atomic E-state index is 12.7. The molecule has 1 aliphatic carbocycles. The van der Waals surface area contributed by atoms with Crippen molar-refractivity contribution in [3.05, 3.63) is 69.8 Å². The van der Waals surface area contributed by atoms with E-state index in [4.69, 9.17) is 0 Å². The Labute approximate surface area is 158 Å². The molecular formula is C19H21AsN2O4. The number of hydrogen-bond donors (Lipinski definition) is 2. The van der Waals surface area contributed by atoms with Crippen LogP contribution in [0.3, 0.4) is 0 Å². The van der Waals surface area contributed by atoms with Crippen LogP contribution in [-0.4, -0.2) is 37.8 Å². The second kappa shape index (κ2) is 8.47. The van der Waals surface area contributed by atoms with E-state index in [0.717, 1.165) is 29.2 Å². The molecule has 2 aromatic rings. The molecule has 0 heterocycles. The van der Waals surface area contributed by atoms with Crippen LogP contribution in [-0.2, 0) is 6.54 Å². The van der Waals surface area contributed by atoms with Gasteiger partial charge in [0.1, 0.15) is 0 Å². The van der Waals surface area contributed by atoms with Gasteiger partial charge in [0.15, 0.2) is 0 Å². The fourth-order valence-electron chi connectivity index (χ4n) is 3.14. The summed E-state index contributed by atoms with van der Waals surface area (Å²) in [6.45, 7) is 0.379. The number of benzene rings is 2. The fourth-order valence-corrected chi connectivity index (χ4v) is 6.63. The minimum absolute atomic E-state index is 0.0725. The van der Waals surface area contributed by atoms with Crippen molar-refractivity contribution in [1.29, 1.82) is 0 Å². The molecule has 2 N–H and O–H groups in total. The average Bonchev–Trinajstić information content (AvgIpc) is 3.05. The van der Waals surface area contributed by atoms with E-state index in [1.807, 2.05) is 30.3 Å². The van der Waals surface area contributed by atoms with Gasteiger partial charge in [-0.1, -0.05) is 0 Å². The molecule has 1 saturated carbocycles. The maximum atomic E-state index is 12.7. The molecule has 2 aromatic carbocycles. The Morgan fingerprint density at radius 1 is 1.23 bits per heavy atom. The van der Waals surface area contributed by atoms with Crippen LogP contribution in [0, 0.1) is 10.1 Å². The summed E-state index contributed by atoms with van der Waals surface area (Å²) in [6.07, 6.45) is 2.28. The van der Waals surface area contributed by atoms with Gasteiger partial charge in [0, 0.05) is 0 Å². The van der Waals surface area contributed by atoms with Crippen LogP contribution < -0.4 is 9.67 Å². The Kier molecular flexibility index (Phi) is 6.07. The Balaban J connectivity index is 1.78. The summed E-state index contributed by atoms with van der Waals surface area (Å²) in [6, 6.07) is 14.1. The standard InChI is InChI=1S/C19H21AsN2O4/c23-16-8-6-14(10-16)20-18-9-7-15(22(25)26)11-17(18)19(24)21-12-13-4-2-1-3-5-13/h1-5,7,9,11,14,16,20,23H,6,8,10,12H2,(H,21,24). The van der Waals surface area contributed by atoms with Gasteiger partial charge in [-0.05, 0) is 0 Å². The average molecular weight is 416 g/mol. The van der Waals surface area contributed by atoms with E-state index >= 15 is 0 Å². The van der Waals surface area contributed by atoms with E-state index in [-0.39, 0.29) is 17.7 Å². The number of nitrogens with zero attached hydrogens (tertiary/aromatic N) is 1. The Morgan fingerprint density at radius 2 is 2.00 bits per heavy atom. The number of nitro groups is 1. The van der Waals surface area contributed by atoms with Crippen molar-refractivity contribution in [3.8, 4) is 0 Å². The molecule has 0 aliphatic heterocycles. The van der Waals surface area contributed by atoms with Crippen LogP contribution in [0.2, 0.25) is 4.71 Å². The van der Waals surface area contributed by atoms with E-state index in [0.29, 0.717) is 16.8 Å². The third-order valence-electron chi connectivity index (χ3n) is 4.52. The van der Waals surface area contributed by atoms with Crippen molar-refractivity contribution in [2.45, 2.75) is 36.6 Å². The quantitative estimate of drug-likeness (QED) is 0.428. The normalized spacial score (nSPS) is 19.7. The van der Waals surface area contributed by atoms with Crippen LogP contribution >= 0.6 is 0 Å². The Bertz CT molecular complexity index is 797. The number of nitro benzene ring substituents is 1. The van der Waals surface area contributed by atoms with Crippen molar-refractivity contribution >= 4 is 31.7 Å². The third-order valence-corrected chi connectivity index (χ3v) is 8.04. The molecule has 1 aliphatic rings. The minimum atomic E-state index is -0.658. The number of non-ortho nitro benzene ring substituents is 1. The molecule has 3 unspecified atom stereocenters. The molecular weight excluding hydrogens is 395 g/mol.